The highest BCUT2D eigenvalue weighted by Crippen LogP contribution is 1.97. The van der Waals surface area contributed by atoms with Crippen LogP contribution in [-0.4, -0.2) is 24.0 Å². The molecule has 1 aromatic heterocycles. The minimum Gasteiger partial charge on any atom is -0.367 e. The highest BCUT2D eigenvalue weighted by atomic mass is 16.1. The number of rotatable bonds is 5. The van der Waals surface area contributed by atoms with Crippen molar-refractivity contribution in [2.75, 3.05) is 13.1 Å². The van der Waals surface area contributed by atoms with E-state index in [1.165, 1.54) is 5.56 Å². The Morgan fingerprint density at radius 1 is 1.71 bits per heavy atom. The first-order valence-corrected chi connectivity index (χ1v) is 4.83. The molecule has 1 unspecified atom stereocenters. The third-order valence-corrected chi connectivity index (χ3v) is 2.18. The lowest BCUT2D eigenvalue weighted by Crippen LogP contribution is -2.34. The van der Waals surface area contributed by atoms with E-state index in [-0.39, 0.29) is 11.8 Å². The molecule has 0 bridgehead atoms. The van der Waals surface area contributed by atoms with Crippen LogP contribution in [0.4, 0.5) is 0 Å². The molecule has 1 amide bonds. The zero-order valence-corrected chi connectivity index (χ0v) is 8.42. The number of nitrogens with two attached hydrogens (primary N) is 1. The second-order valence-corrected chi connectivity index (χ2v) is 3.40. The smallest absolute Gasteiger partial charge is 0.224 e. The molecule has 1 heterocycles. The number of hydrogen-bond acceptors (Lipinski definition) is 2. The molecule has 0 aliphatic rings. The molecule has 0 aliphatic carbocycles. The van der Waals surface area contributed by atoms with Crippen molar-refractivity contribution in [3.8, 4) is 0 Å². The Labute approximate surface area is 83.9 Å². The Kier molecular flexibility index (Phi) is 4.19. The lowest BCUT2D eigenvalue weighted by Gasteiger charge is -2.08. The van der Waals surface area contributed by atoms with E-state index < -0.39 is 0 Å². The maximum Gasteiger partial charge on any atom is 0.224 e. The van der Waals surface area contributed by atoms with Crippen molar-refractivity contribution in [3.63, 3.8) is 0 Å². The molecule has 1 rings (SSSR count). The summed E-state index contributed by atoms with van der Waals surface area (Å²) in [5.41, 5.74) is 6.57. The summed E-state index contributed by atoms with van der Waals surface area (Å²) >= 11 is 0. The first-order chi connectivity index (χ1) is 6.74. The summed E-state index contributed by atoms with van der Waals surface area (Å²) < 4.78 is 0. The minimum atomic E-state index is -0.0961. The Hall–Kier alpha value is -1.29. The predicted octanol–water partition coefficient (Wildman–Crippen LogP) is 0.268. The highest BCUT2D eigenvalue weighted by molar-refractivity contribution is 5.78. The van der Waals surface area contributed by atoms with E-state index in [4.69, 9.17) is 5.73 Å². The van der Waals surface area contributed by atoms with Crippen molar-refractivity contribution in [1.29, 1.82) is 0 Å². The van der Waals surface area contributed by atoms with E-state index >= 15 is 0 Å². The molecule has 1 atom stereocenters. The molecule has 0 aromatic carbocycles. The zero-order valence-electron chi connectivity index (χ0n) is 8.42. The Morgan fingerprint density at radius 3 is 3.07 bits per heavy atom. The minimum absolute atomic E-state index is 0.0306. The van der Waals surface area contributed by atoms with E-state index in [0.717, 1.165) is 6.42 Å². The number of carbonyl (C=O) groups excluding carboxylic acids is 1. The van der Waals surface area contributed by atoms with Gasteiger partial charge in [-0.05, 0) is 18.1 Å². The molecule has 1 aromatic rings. The molecule has 78 valence electrons. The van der Waals surface area contributed by atoms with Crippen molar-refractivity contribution >= 4 is 5.91 Å². The van der Waals surface area contributed by atoms with Gasteiger partial charge in [-0.25, -0.2) is 0 Å². The van der Waals surface area contributed by atoms with Gasteiger partial charge < -0.3 is 16.0 Å². The maximum atomic E-state index is 11.3. The quantitative estimate of drug-likeness (QED) is 0.631. The van der Waals surface area contributed by atoms with Crippen LogP contribution in [0.3, 0.4) is 0 Å². The van der Waals surface area contributed by atoms with Crippen molar-refractivity contribution in [3.05, 3.63) is 24.0 Å². The lowest BCUT2D eigenvalue weighted by molar-refractivity contribution is -0.124. The topological polar surface area (TPSA) is 70.9 Å². The van der Waals surface area contributed by atoms with Crippen LogP contribution in [0.25, 0.3) is 0 Å². The van der Waals surface area contributed by atoms with Gasteiger partial charge in [0, 0.05) is 31.4 Å². The Balaban J connectivity index is 2.18. The van der Waals surface area contributed by atoms with E-state index in [1.54, 1.807) is 0 Å². The standard InChI is InChI=1S/C10H17N3O/c1-8(6-11)10(14)13-5-3-9-2-4-12-7-9/h2,4,7-8,12H,3,5-6,11H2,1H3,(H,13,14). The fraction of sp³-hybridized carbons (Fsp3) is 0.500. The molecule has 0 radical (unpaired) electrons. The van der Waals surface area contributed by atoms with Crippen LogP contribution in [0, 0.1) is 5.92 Å². The van der Waals surface area contributed by atoms with Gasteiger partial charge in [-0.1, -0.05) is 6.92 Å². The van der Waals surface area contributed by atoms with Gasteiger partial charge in [-0.2, -0.15) is 0 Å². The SMILES string of the molecule is CC(CN)C(=O)NCCc1cc[nH]c1. The van der Waals surface area contributed by atoms with Gasteiger partial charge in [0.1, 0.15) is 0 Å². The number of nitrogens with one attached hydrogen (secondary N) is 2. The van der Waals surface area contributed by atoms with Gasteiger partial charge in [0.25, 0.3) is 0 Å². The molecule has 0 fully saturated rings. The fourth-order valence-corrected chi connectivity index (χ4v) is 1.13. The first kappa shape index (κ1) is 10.8. The van der Waals surface area contributed by atoms with Crippen molar-refractivity contribution in [2.24, 2.45) is 11.7 Å². The predicted molar refractivity (Wildman–Crippen MR) is 55.7 cm³/mol. The molecule has 0 aliphatic heterocycles. The summed E-state index contributed by atoms with van der Waals surface area (Å²) in [7, 11) is 0. The van der Waals surface area contributed by atoms with Crippen LogP contribution >= 0.6 is 0 Å². The molecule has 4 nitrogen and oxygen atoms in total. The molecular weight excluding hydrogens is 178 g/mol. The summed E-state index contributed by atoms with van der Waals surface area (Å²) in [6.45, 7) is 2.89. The third kappa shape index (κ3) is 3.22. The van der Waals surface area contributed by atoms with Crippen LogP contribution < -0.4 is 11.1 Å². The first-order valence-electron chi connectivity index (χ1n) is 4.83. The average Bonchev–Trinajstić information content (AvgIpc) is 2.69. The van der Waals surface area contributed by atoms with Crippen molar-refractivity contribution < 1.29 is 4.79 Å². The number of carbonyl (C=O) groups is 1. The van der Waals surface area contributed by atoms with E-state index in [9.17, 15) is 4.79 Å². The van der Waals surface area contributed by atoms with Crippen LogP contribution in [0.15, 0.2) is 18.5 Å². The van der Waals surface area contributed by atoms with Crippen LogP contribution in [0.5, 0.6) is 0 Å². The average molecular weight is 195 g/mol. The highest BCUT2D eigenvalue weighted by Gasteiger charge is 2.09. The molecule has 0 saturated heterocycles. The second-order valence-electron chi connectivity index (χ2n) is 3.40. The van der Waals surface area contributed by atoms with E-state index in [0.29, 0.717) is 13.1 Å². The normalized spacial score (nSPS) is 12.4. The van der Waals surface area contributed by atoms with Gasteiger partial charge in [0.05, 0.1) is 0 Å². The monoisotopic (exact) mass is 195 g/mol. The van der Waals surface area contributed by atoms with Gasteiger partial charge in [-0.15, -0.1) is 0 Å². The summed E-state index contributed by atoms with van der Waals surface area (Å²) in [5.74, 6) is -0.0655. The number of hydrogen-bond donors (Lipinski definition) is 3. The summed E-state index contributed by atoms with van der Waals surface area (Å²) in [4.78, 5) is 14.3. The Bertz CT molecular complexity index is 269. The molecule has 4 heteroatoms. The van der Waals surface area contributed by atoms with Gasteiger partial charge in [-0.3, -0.25) is 4.79 Å². The van der Waals surface area contributed by atoms with Crippen LogP contribution in [0.1, 0.15) is 12.5 Å². The summed E-state index contributed by atoms with van der Waals surface area (Å²) in [6.07, 6.45) is 4.66. The van der Waals surface area contributed by atoms with Crippen molar-refractivity contribution in [2.45, 2.75) is 13.3 Å². The number of aromatic nitrogens is 1. The molecule has 14 heavy (non-hydrogen) atoms. The van der Waals surface area contributed by atoms with E-state index in [1.807, 2.05) is 25.4 Å². The van der Waals surface area contributed by atoms with Crippen molar-refractivity contribution in [1.82, 2.24) is 10.3 Å². The van der Waals surface area contributed by atoms with E-state index in [2.05, 4.69) is 10.3 Å². The third-order valence-electron chi connectivity index (χ3n) is 2.18. The Morgan fingerprint density at radius 2 is 2.50 bits per heavy atom. The summed E-state index contributed by atoms with van der Waals surface area (Å²) in [5, 5.41) is 2.84. The summed E-state index contributed by atoms with van der Waals surface area (Å²) in [6, 6.07) is 2.00. The molecule has 0 spiro atoms. The number of aromatic amines is 1. The van der Waals surface area contributed by atoms with Gasteiger partial charge in [0.15, 0.2) is 0 Å². The van der Waals surface area contributed by atoms with Crippen LogP contribution in [-0.2, 0) is 11.2 Å². The van der Waals surface area contributed by atoms with Gasteiger partial charge >= 0.3 is 0 Å². The molecule has 0 saturated carbocycles. The number of amides is 1. The number of H-pyrrole nitrogens is 1. The maximum absolute atomic E-state index is 11.3. The van der Waals surface area contributed by atoms with Gasteiger partial charge in [0.2, 0.25) is 5.91 Å². The zero-order chi connectivity index (χ0) is 10.4. The van der Waals surface area contributed by atoms with Crippen LogP contribution in [0.2, 0.25) is 0 Å². The largest absolute Gasteiger partial charge is 0.367 e. The second kappa shape index (κ2) is 5.44. The lowest BCUT2D eigenvalue weighted by atomic mass is 10.1. The fourth-order valence-electron chi connectivity index (χ4n) is 1.13. The molecular formula is C10H17N3O. The molecule has 4 N–H and O–H groups in total.